The summed E-state index contributed by atoms with van der Waals surface area (Å²) in [6.07, 6.45) is 10.6. The van der Waals surface area contributed by atoms with E-state index in [-0.39, 0.29) is 5.97 Å². The summed E-state index contributed by atoms with van der Waals surface area (Å²) in [6, 6.07) is 3.72. The van der Waals surface area contributed by atoms with Crippen molar-refractivity contribution < 1.29 is 9.53 Å². The van der Waals surface area contributed by atoms with Gasteiger partial charge < -0.3 is 4.74 Å². The molecule has 1 heterocycles. The van der Waals surface area contributed by atoms with E-state index in [0.717, 1.165) is 12.8 Å². The molecule has 1 rings (SSSR count). The van der Waals surface area contributed by atoms with Crippen LogP contribution in [0.1, 0.15) is 64.7 Å². The van der Waals surface area contributed by atoms with Gasteiger partial charge in [-0.1, -0.05) is 51.9 Å². The van der Waals surface area contributed by atoms with E-state index in [1.165, 1.54) is 49.9 Å². The number of hydrogen-bond acceptors (Lipinski definition) is 3. The molecule has 0 unspecified atom stereocenters. The van der Waals surface area contributed by atoms with Gasteiger partial charge in [0.2, 0.25) is 0 Å². The Balaban J connectivity index is 1.90. The van der Waals surface area contributed by atoms with E-state index in [4.69, 9.17) is 4.74 Å². The molecule has 3 heteroatoms. The molecule has 0 amide bonds. The van der Waals surface area contributed by atoms with Crippen LogP contribution in [0.2, 0.25) is 0 Å². The van der Waals surface area contributed by atoms with Crippen molar-refractivity contribution in [1.29, 1.82) is 0 Å². The van der Waals surface area contributed by atoms with E-state index in [2.05, 4.69) is 6.92 Å². The van der Waals surface area contributed by atoms with Crippen LogP contribution in [0, 0.1) is 0 Å². The number of carbonyl (C=O) groups is 1. The molecule has 0 aliphatic rings. The molecule has 0 bridgehead atoms. The molecular formula is C15H24O2S. The van der Waals surface area contributed by atoms with E-state index in [9.17, 15) is 4.79 Å². The Labute approximate surface area is 114 Å². The van der Waals surface area contributed by atoms with Gasteiger partial charge in [-0.15, -0.1) is 11.3 Å². The second-order valence-electron chi connectivity index (χ2n) is 4.63. The fraction of sp³-hybridized carbons (Fsp3) is 0.667. The maximum Gasteiger partial charge on any atom is 0.311 e. The van der Waals surface area contributed by atoms with Gasteiger partial charge in [0.05, 0.1) is 0 Å². The van der Waals surface area contributed by atoms with Crippen LogP contribution in [-0.2, 0) is 4.79 Å². The molecular weight excluding hydrogens is 244 g/mol. The summed E-state index contributed by atoms with van der Waals surface area (Å²) >= 11 is 1.46. The van der Waals surface area contributed by atoms with E-state index >= 15 is 0 Å². The smallest absolute Gasteiger partial charge is 0.311 e. The van der Waals surface area contributed by atoms with Crippen LogP contribution in [0.3, 0.4) is 0 Å². The number of hydrogen-bond donors (Lipinski definition) is 0. The number of unbranched alkanes of at least 4 members (excludes halogenated alkanes) is 7. The zero-order chi connectivity index (χ0) is 13.1. The quantitative estimate of drug-likeness (QED) is 0.431. The van der Waals surface area contributed by atoms with E-state index in [1.807, 2.05) is 17.5 Å². The molecule has 1 aromatic heterocycles. The number of carbonyl (C=O) groups excluding carboxylic acids is 1. The molecule has 0 atom stereocenters. The second kappa shape index (κ2) is 10.1. The highest BCUT2D eigenvalue weighted by Crippen LogP contribution is 2.19. The lowest BCUT2D eigenvalue weighted by atomic mass is 10.1. The standard InChI is InChI=1S/C15H24O2S/c1-2-3-4-5-6-7-8-9-11-14(16)17-15-12-10-13-18-15/h10,12-13H,2-9,11H2,1H3. The first kappa shape index (κ1) is 15.2. The maximum absolute atomic E-state index is 11.5. The van der Waals surface area contributed by atoms with Crippen molar-refractivity contribution in [2.75, 3.05) is 0 Å². The normalized spacial score (nSPS) is 10.5. The van der Waals surface area contributed by atoms with Gasteiger partial charge in [-0.2, -0.15) is 0 Å². The highest BCUT2D eigenvalue weighted by atomic mass is 32.1. The predicted octanol–water partition coefficient (Wildman–Crippen LogP) is 5.18. The average Bonchev–Trinajstić information content (AvgIpc) is 2.85. The SMILES string of the molecule is CCCCCCCCCCC(=O)Oc1cccs1. The lowest BCUT2D eigenvalue weighted by Crippen LogP contribution is -2.06. The summed E-state index contributed by atoms with van der Waals surface area (Å²) < 4.78 is 5.19. The number of rotatable bonds is 10. The number of ether oxygens (including phenoxy) is 1. The van der Waals surface area contributed by atoms with Gasteiger partial charge in [-0.25, -0.2) is 0 Å². The Morgan fingerprint density at radius 3 is 2.39 bits per heavy atom. The first-order valence-corrected chi connectivity index (χ1v) is 7.95. The van der Waals surface area contributed by atoms with Crippen LogP contribution in [0.4, 0.5) is 0 Å². The van der Waals surface area contributed by atoms with Crippen LogP contribution < -0.4 is 4.74 Å². The van der Waals surface area contributed by atoms with Crippen molar-refractivity contribution >= 4 is 17.3 Å². The molecule has 2 nitrogen and oxygen atoms in total. The molecule has 0 fully saturated rings. The van der Waals surface area contributed by atoms with Gasteiger partial charge in [0.25, 0.3) is 0 Å². The summed E-state index contributed by atoms with van der Waals surface area (Å²) in [5.41, 5.74) is 0. The summed E-state index contributed by atoms with van der Waals surface area (Å²) in [5.74, 6) is -0.0940. The third kappa shape index (κ3) is 7.49. The zero-order valence-electron chi connectivity index (χ0n) is 11.3. The molecule has 0 aromatic carbocycles. The van der Waals surface area contributed by atoms with Gasteiger partial charge in [0.1, 0.15) is 0 Å². The minimum atomic E-state index is -0.0940. The fourth-order valence-electron chi connectivity index (χ4n) is 1.89. The Hall–Kier alpha value is -0.830. The van der Waals surface area contributed by atoms with Gasteiger partial charge >= 0.3 is 5.97 Å². The molecule has 0 N–H and O–H groups in total. The molecule has 0 aliphatic heterocycles. The van der Waals surface area contributed by atoms with Crippen LogP contribution in [-0.4, -0.2) is 5.97 Å². The number of thiophene rings is 1. The molecule has 0 radical (unpaired) electrons. The predicted molar refractivity (Wildman–Crippen MR) is 77.2 cm³/mol. The van der Waals surface area contributed by atoms with Crippen LogP contribution in [0.5, 0.6) is 5.06 Å². The zero-order valence-corrected chi connectivity index (χ0v) is 12.1. The van der Waals surface area contributed by atoms with Crippen molar-refractivity contribution in [3.63, 3.8) is 0 Å². The van der Waals surface area contributed by atoms with Gasteiger partial charge in [-0.3, -0.25) is 4.79 Å². The molecule has 0 aliphatic carbocycles. The number of esters is 1. The lowest BCUT2D eigenvalue weighted by Gasteiger charge is -2.02. The third-order valence-corrected chi connectivity index (χ3v) is 3.69. The van der Waals surface area contributed by atoms with Crippen molar-refractivity contribution in [2.24, 2.45) is 0 Å². The average molecular weight is 268 g/mol. The Morgan fingerprint density at radius 2 is 1.78 bits per heavy atom. The molecule has 18 heavy (non-hydrogen) atoms. The van der Waals surface area contributed by atoms with Crippen LogP contribution >= 0.6 is 11.3 Å². The Kier molecular flexibility index (Phi) is 8.57. The summed E-state index contributed by atoms with van der Waals surface area (Å²) in [5, 5.41) is 2.62. The van der Waals surface area contributed by atoms with Gasteiger partial charge in [0.15, 0.2) is 5.06 Å². The molecule has 1 aromatic rings. The molecule has 0 spiro atoms. The second-order valence-corrected chi connectivity index (χ2v) is 5.54. The largest absolute Gasteiger partial charge is 0.415 e. The van der Waals surface area contributed by atoms with Crippen molar-refractivity contribution in [2.45, 2.75) is 64.7 Å². The Bertz CT molecular complexity index is 306. The topological polar surface area (TPSA) is 26.3 Å². The summed E-state index contributed by atoms with van der Waals surface area (Å²) in [4.78, 5) is 11.5. The lowest BCUT2D eigenvalue weighted by molar-refractivity contribution is -0.134. The summed E-state index contributed by atoms with van der Waals surface area (Å²) in [6.45, 7) is 2.24. The first-order chi connectivity index (χ1) is 8.83. The Morgan fingerprint density at radius 1 is 1.11 bits per heavy atom. The highest BCUT2D eigenvalue weighted by molar-refractivity contribution is 7.11. The first-order valence-electron chi connectivity index (χ1n) is 7.07. The van der Waals surface area contributed by atoms with Crippen LogP contribution in [0.15, 0.2) is 17.5 Å². The fourth-order valence-corrected chi connectivity index (χ4v) is 2.48. The summed E-state index contributed by atoms with van der Waals surface area (Å²) in [7, 11) is 0. The van der Waals surface area contributed by atoms with Crippen molar-refractivity contribution in [3.8, 4) is 5.06 Å². The minimum Gasteiger partial charge on any atom is -0.415 e. The van der Waals surface area contributed by atoms with E-state index in [0.29, 0.717) is 11.5 Å². The molecule has 102 valence electrons. The minimum absolute atomic E-state index is 0.0940. The van der Waals surface area contributed by atoms with Crippen LogP contribution in [0.25, 0.3) is 0 Å². The van der Waals surface area contributed by atoms with Crippen molar-refractivity contribution in [3.05, 3.63) is 17.5 Å². The molecule has 0 saturated heterocycles. The van der Waals surface area contributed by atoms with E-state index in [1.54, 1.807) is 0 Å². The molecule has 0 saturated carbocycles. The van der Waals surface area contributed by atoms with Gasteiger partial charge in [0, 0.05) is 6.42 Å². The maximum atomic E-state index is 11.5. The van der Waals surface area contributed by atoms with Crippen molar-refractivity contribution in [1.82, 2.24) is 0 Å². The van der Waals surface area contributed by atoms with E-state index < -0.39 is 0 Å². The van der Waals surface area contributed by atoms with Gasteiger partial charge in [-0.05, 0) is 23.9 Å². The highest BCUT2D eigenvalue weighted by Gasteiger charge is 2.04. The third-order valence-electron chi connectivity index (χ3n) is 2.94. The monoisotopic (exact) mass is 268 g/mol.